The fraction of sp³-hybridized carbons (Fsp3) is 0.455. The third-order valence-electron chi connectivity index (χ3n) is 4.24. The average Bonchev–Trinajstić information content (AvgIpc) is 2.81. The lowest BCUT2D eigenvalue weighted by Crippen LogP contribution is -2.38. The van der Waals surface area contributed by atoms with Crippen LogP contribution in [-0.4, -0.2) is 79.9 Å². The Balaban J connectivity index is 3.16. The van der Waals surface area contributed by atoms with Crippen LogP contribution in [0.2, 0.25) is 0 Å². The highest BCUT2D eigenvalue weighted by atomic mass is 127. The van der Waals surface area contributed by atoms with E-state index in [2.05, 4.69) is 10.6 Å². The number of rotatable bonds is 14. The zero-order chi connectivity index (χ0) is 29.0. The van der Waals surface area contributed by atoms with Gasteiger partial charge in [-0.2, -0.15) is 0 Å². The molecule has 3 N–H and O–H groups in total. The first-order valence-electron chi connectivity index (χ1n) is 10.9. The summed E-state index contributed by atoms with van der Waals surface area (Å²) in [5.74, 6) is -4.64. The van der Waals surface area contributed by atoms with E-state index in [9.17, 15) is 33.9 Å². The molecule has 0 heterocycles. The monoisotopic (exact) mass is 874 g/mol. The van der Waals surface area contributed by atoms with E-state index in [-0.39, 0.29) is 47.3 Å². The molecule has 16 heteroatoms. The molecule has 0 spiro atoms. The molecule has 1 rings (SSSR count). The number of nitrogens with one attached hydrogen (secondary N) is 2. The van der Waals surface area contributed by atoms with E-state index in [0.29, 0.717) is 6.42 Å². The number of hydrogen-bond acceptors (Lipinski definition) is 10. The van der Waals surface area contributed by atoms with Crippen molar-refractivity contribution in [1.29, 1.82) is 0 Å². The molecule has 0 fully saturated rings. The van der Waals surface area contributed by atoms with Gasteiger partial charge in [0.1, 0.15) is 19.8 Å². The van der Waals surface area contributed by atoms with Crippen LogP contribution < -0.4 is 10.6 Å². The van der Waals surface area contributed by atoms with Gasteiger partial charge < -0.3 is 34.7 Å². The van der Waals surface area contributed by atoms with Crippen LogP contribution in [0.15, 0.2) is 0 Å². The maximum absolute atomic E-state index is 13.1. The number of halogens is 3. The lowest BCUT2D eigenvalue weighted by Gasteiger charge is -2.20. The van der Waals surface area contributed by atoms with Crippen LogP contribution in [0.4, 0.5) is 5.69 Å². The van der Waals surface area contributed by atoms with Crippen molar-refractivity contribution in [3.8, 4) is 0 Å². The summed E-state index contributed by atoms with van der Waals surface area (Å²) in [6.45, 7) is 2.86. The van der Waals surface area contributed by atoms with Gasteiger partial charge in [-0.1, -0.05) is 6.92 Å². The molecule has 1 aromatic carbocycles. The zero-order valence-corrected chi connectivity index (χ0v) is 27.0. The van der Waals surface area contributed by atoms with Crippen LogP contribution in [0.3, 0.4) is 0 Å². The number of anilines is 1. The van der Waals surface area contributed by atoms with Gasteiger partial charge in [-0.05, 0) is 74.2 Å². The molecule has 0 radical (unpaired) electrons. The number of carboxylic acid groups (broad SMARTS) is 1. The molecular weight excluding hydrogens is 849 g/mol. The summed E-state index contributed by atoms with van der Waals surface area (Å²) < 4.78 is 20.3. The van der Waals surface area contributed by atoms with Crippen LogP contribution in [0, 0.1) is 10.7 Å². The lowest BCUT2D eigenvalue weighted by atomic mass is 10.1. The van der Waals surface area contributed by atoms with Crippen molar-refractivity contribution in [1.82, 2.24) is 5.32 Å². The standard InChI is InChI=1S/C22H25I3N2O11/c1-4-5-36-14(31)9-35-8-13(30)27-20-18(24)15(17(23)16(19(20)25)22(33)34)21(32)26-6-12(38-11(3)29)7-37-10(2)28/h12H,4-9H2,1-3H3,(H,26,32)(H,27,30)(H,33,34). The molecule has 0 aromatic heterocycles. The summed E-state index contributed by atoms with van der Waals surface area (Å²) in [6, 6.07) is 0. The second-order valence-corrected chi connectivity index (χ2v) is 10.6. The Labute approximate surface area is 258 Å². The molecule has 1 unspecified atom stereocenters. The topological polar surface area (TPSA) is 184 Å². The van der Waals surface area contributed by atoms with Gasteiger partial charge in [-0.15, -0.1) is 0 Å². The molecule has 1 aromatic rings. The highest BCUT2D eigenvalue weighted by Crippen LogP contribution is 2.35. The fourth-order valence-electron chi connectivity index (χ4n) is 2.70. The number of amides is 2. The van der Waals surface area contributed by atoms with Crippen molar-refractivity contribution >= 4 is 109 Å². The number of carbonyl (C=O) groups excluding carboxylic acids is 5. The average molecular weight is 874 g/mol. The highest BCUT2D eigenvalue weighted by Gasteiger charge is 2.29. The number of hydrogen-bond donors (Lipinski definition) is 3. The number of carboxylic acids is 1. The number of esters is 3. The SMILES string of the molecule is CCCOC(=O)COCC(=O)Nc1c(I)c(C(=O)O)c(I)c(C(=O)NCC(COC(C)=O)OC(C)=O)c1I. The minimum atomic E-state index is -1.33. The number of ether oxygens (including phenoxy) is 4. The molecule has 13 nitrogen and oxygen atoms in total. The Morgan fingerprint density at radius 3 is 2.08 bits per heavy atom. The van der Waals surface area contributed by atoms with E-state index in [0.717, 1.165) is 6.92 Å². The summed E-state index contributed by atoms with van der Waals surface area (Å²) in [6.07, 6.45) is -0.354. The van der Waals surface area contributed by atoms with Crippen molar-refractivity contribution in [3.05, 3.63) is 21.8 Å². The van der Waals surface area contributed by atoms with Gasteiger partial charge in [0.05, 0.1) is 37.1 Å². The van der Waals surface area contributed by atoms with Crippen LogP contribution in [0.5, 0.6) is 0 Å². The van der Waals surface area contributed by atoms with Crippen molar-refractivity contribution < 1.29 is 52.8 Å². The smallest absolute Gasteiger partial charge is 0.337 e. The second-order valence-electron chi connectivity index (χ2n) is 7.38. The Kier molecular flexibility index (Phi) is 15.3. The van der Waals surface area contributed by atoms with Gasteiger partial charge in [-0.25, -0.2) is 9.59 Å². The molecule has 38 heavy (non-hydrogen) atoms. The minimum Gasteiger partial charge on any atom is -0.478 e. The fourth-order valence-corrected chi connectivity index (χ4v) is 7.08. The van der Waals surface area contributed by atoms with Crippen molar-refractivity contribution in [2.45, 2.75) is 33.3 Å². The van der Waals surface area contributed by atoms with E-state index in [1.165, 1.54) is 6.92 Å². The summed E-state index contributed by atoms with van der Waals surface area (Å²) in [5, 5.41) is 14.8. The van der Waals surface area contributed by atoms with Gasteiger partial charge in [0, 0.05) is 17.4 Å². The normalized spacial score (nSPS) is 11.2. The van der Waals surface area contributed by atoms with Gasteiger partial charge in [0.2, 0.25) is 5.91 Å². The van der Waals surface area contributed by atoms with Crippen molar-refractivity contribution in [3.63, 3.8) is 0 Å². The molecule has 0 aliphatic rings. The third-order valence-corrected chi connectivity index (χ3v) is 7.47. The molecule has 0 aliphatic heterocycles. The summed E-state index contributed by atoms with van der Waals surface area (Å²) in [7, 11) is 0. The first-order valence-corrected chi connectivity index (χ1v) is 14.1. The Bertz CT molecular complexity index is 1100. The zero-order valence-electron chi connectivity index (χ0n) is 20.5. The van der Waals surface area contributed by atoms with E-state index in [1.54, 1.807) is 67.8 Å². The largest absolute Gasteiger partial charge is 0.478 e. The number of aromatic carboxylic acids is 1. The Morgan fingerprint density at radius 2 is 1.53 bits per heavy atom. The first-order chi connectivity index (χ1) is 17.8. The van der Waals surface area contributed by atoms with Gasteiger partial charge >= 0.3 is 23.9 Å². The first kappa shape index (κ1) is 34.2. The molecule has 210 valence electrons. The van der Waals surface area contributed by atoms with E-state index < -0.39 is 55.0 Å². The van der Waals surface area contributed by atoms with Crippen molar-refractivity contribution in [2.75, 3.05) is 38.3 Å². The van der Waals surface area contributed by atoms with Crippen LogP contribution in [0.25, 0.3) is 0 Å². The number of carbonyl (C=O) groups is 6. The van der Waals surface area contributed by atoms with Crippen LogP contribution in [0.1, 0.15) is 47.9 Å². The van der Waals surface area contributed by atoms with Gasteiger partial charge in [0.25, 0.3) is 5.91 Å². The second kappa shape index (κ2) is 17.0. The molecule has 2 amide bonds. The maximum Gasteiger partial charge on any atom is 0.337 e. The van der Waals surface area contributed by atoms with E-state index in [1.807, 2.05) is 6.92 Å². The predicted octanol–water partition coefficient (Wildman–Crippen LogP) is 2.33. The van der Waals surface area contributed by atoms with Gasteiger partial charge in [0.15, 0.2) is 6.10 Å². The maximum atomic E-state index is 13.1. The molecule has 0 saturated heterocycles. The molecular formula is C22H25I3N2O11. The highest BCUT2D eigenvalue weighted by molar-refractivity contribution is 14.1. The van der Waals surface area contributed by atoms with Crippen LogP contribution >= 0.6 is 67.8 Å². The summed E-state index contributed by atoms with van der Waals surface area (Å²) >= 11 is 5.27. The molecule has 1 atom stereocenters. The third kappa shape index (κ3) is 11.1. The minimum absolute atomic E-state index is 0.0440. The van der Waals surface area contributed by atoms with Crippen molar-refractivity contribution in [2.24, 2.45) is 0 Å². The molecule has 0 bridgehead atoms. The summed E-state index contributed by atoms with van der Waals surface area (Å²) in [4.78, 5) is 71.6. The number of benzene rings is 1. The summed E-state index contributed by atoms with van der Waals surface area (Å²) in [5.41, 5.74) is -0.196. The Hall–Kier alpha value is -1.81. The lowest BCUT2D eigenvalue weighted by molar-refractivity contribution is -0.155. The van der Waals surface area contributed by atoms with E-state index in [4.69, 9.17) is 18.9 Å². The quantitative estimate of drug-likeness (QED) is 0.142. The van der Waals surface area contributed by atoms with E-state index >= 15 is 0 Å². The molecule has 0 saturated carbocycles. The predicted molar refractivity (Wildman–Crippen MR) is 157 cm³/mol. The Morgan fingerprint density at radius 1 is 0.895 bits per heavy atom. The van der Waals surface area contributed by atoms with Gasteiger partial charge in [-0.3, -0.25) is 19.2 Å². The molecule has 0 aliphatic carbocycles. The van der Waals surface area contributed by atoms with Crippen LogP contribution in [-0.2, 0) is 38.1 Å².